The number of hydrogen-bond donors (Lipinski definition) is 1. The number of carbonyl (C=O) groups excluding carboxylic acids is 1. The molecule has 2 N–H and O–H groups in total. The maximum absolute atomic E-state index is 11.4. The Morgan fingerprint density at radius 1 is 1.50 bits per heavy atom. The Morgan fingerprint density at radius 2 is 2.20 bits per heavy atom. The molecule has 0 unspecified atom stereocenters. The normalized spacial score (nSPS) is 13.1. The molecule has 0 radical (unpaired) electrons. The predicted molar refractivity (Wildman–Crippen MR) is 85.7 cm³/mol. The van der Waals surface area contributed by atoms with Crippen molar-refractivity contribution in [1.82, 2.24) is 0 Å². The van der Waals surface area contributed by atoms with Crippen LogP contribution in [0.25, 0.3) is 0 Å². The highest BCUT2D eigenvalue weighted by molar-refractivity contribution is 8.13. The van der Waals surface area contributed by atoms with Crippen LogP contribution in [-0.2, 0) is 5.75 Å². The van der Waals surface area contributed by atoms with Crippen LogP contribution in [-0.4, -0.2) is 24.1 Å². The van der Waals surface area contributed by atoms with Crippen molar-refractivity contribution >= 4 is 22.7 Å². The fourth-order valence-corrected chi connectivity index (χ4v) is 2.39. The first-order valence-electron chi connectivity index (χ1n) is 6.61. The molecule has 1 aromatic rings. The molecule has 0 aliphatic carbocycles. The molecule has 0 bridgehead atoms. The second-order valence-electron chi connectivity index (χ2n) is 4.60. The molecular formula is C15H22N2O2S. The lowest BCUT2D eigenvalue weighted by molar-refractivity contribution is 0.101. The summed E-state index contributed by atoms with van der Waals surface area (Å²) in [4.78, 5) is 15.8. The topological polar surface area (TPSA) is 64.7 Å². The lowest BCUT2D eigenvalue weighted by Gasteiger charge is -2.10. The Balaban J connectivity index is 2.83. The van der Waals surface area contributed by atoms with Crippen molar-refractivity contribution in [1.29, 1.82) is 0 Å². The van der Waals surface area contributed by atoms with Crippen molar-refractivity contribution in [2.24, 2.45) is 10.7 Å². The molecule has 0 aliphatic heterocycles. The fraction of sp³-hybridized carbons (Fsp3) is 0.467. The highest BCUT2D eigenvalue weighted by Gasteiger charge is 2.08. The van der Waals surface area contributed by atoms with Crippen LogP contribution in [0.1, 0.15) is 43.1 Å². The first-order chi connectivity index (χ1) is 9.47. The maximum atomic E-state index is 11.4. The van der Waals surface area contributed by atoms with Crippen LogP contribution in [0.3, 0.4) is 0 Å². The van der Waals surface area contributed by atoms with E-state index in [9.17, 15) is 4.79 Å². The molecule has 20 heavy (non-hydrogen) atoms. The summed E-state index contributed by atoms with van der Waals surface area (Å²) in [5, 5.41) is 0.564. The van der Waals surface area contributed by atoms with Crippen molar-refractivity contribution in [2.75, 3.05) is 7.11 Å². The third-order valence-corrected chi connectivity index (χ3v) is 3.86. The van der Waals surface area contributed by atoms with E-state index in [0.29, 0.717) is 16.5 Å². The first kappa shape index (κ1) is 16.6. The minimum absolute atomic E-state index is 0.0418. The van der Waals surface area contributed by atoms with Gasteiger partial charge in [-0.15, -0.1) is 0 Å². The molecule has 0 saturated heterocycles. The summed E-state index contributed by atoms with van der Waals surface area (Å²) in [5.74, 6) is 1.44. The maximum Gasteiger partial charge on any atom is 0.159 e. The average Bonchev–Trinajstić information content (AvgIpc) is 2.44. The largest absolute Gasteiger partial charge is 0.496 e. The SMILES string of the molecule is CC[C@@H](C)N=C(N)SCc1cc(C(C)=O)ccc1OC. The second kappa shape index (κ2) is 7.94. The zero-order valence-electron chi connectivity index (χ0n) is 12.5. The van der Waals surface area contributed by atoms with Gasteiger partial charge >= 0.3 is 0 Å². The zero-order chi connectivity index (χ0) is 15.1. The van der Waals surface area contributed by atoms with Crippen molar-refractivity contribution in [3.63, 3.8) is 0 Å². The molecular weight excluding hydrogens is 272 g/mol. The summed E-state index contributed by atoms with van der Waals surface area (Å²) in [6, 6.07) is 5.67. The van der Waals surface area contributed by atoms with E-state index in [0.717, 1.165) is 17.7 Å². The van der Waals surface area contributed by atoms with Gasteiger partial charge in [-0.1, -0.05) is 18.7 Å². The number of benzene rings is 1. The Kier molecular flexibility index (Phi) is 6.58. The average molecular weight is 294 g/mol. The van der Waals surface area contributed by atoms with E-state index in [4.69, 9.17) is 10.5 Å². The van der Waals surface area contributed by atoms with Gasteiger partial charge in [0.2, 0.25) is 0 Å². The number of ether oxygens (including phenoxy) is 1. The predicted octanol–water partition coefficient (Wildman–Crippen LogP) is 3.24. The van der Waals surface area contributed by atoms with E-state index < -0.39 is 0 Å². The molecule has 0 fully saturated rings. The van der Waals surface area contributed by atoms with Crippen LogP contribution in [0.4, 0.5) is 0 Å². The fourth-order valence-electron chi connectivity index (χ4n) is 1.61. The number of nitrogens with two attached hydrogens (primary N) is 1. The van der Waals surface area contributed by atoms with Crippen molar-refractivity contribution in [2.45, 2.75) is 39.0 Å². The van der Waals surface area contributed by atoms with Crippen LogP contribution < -0.4 is 10.5 Å². The van der Waals surface area contributed by atoms with Gasteiger partial charge in [-0.05, 0) is 38.5 Å². The number of nitrogens with zero attached hydrogens (tertiary/aromatic N) is 1. The van der Waals surface area contributed by atoms with Crippen LogP contribution >= 0.6 is 11.8 Å². The van der Waals surface area contributed by atoms with E-state index in [2.05, 4.69) is 11.9 Å². The number of aliphatic imine (C=N–C) groups is 1. The molecule has 1 atom stereocenters. The van der Waals surface area contributed by atoms with Crippen LogP contribution in [0.5, 0.6) is 5.75 Å². The Labute approximate surface area is 124 Å². The van der Waals surface area contributed by atoms with Gasteiger partial charge in [-0.25, -0.2) is 0 Å². The molecule has 110 valence electrons. The lowest BCUT2D eigenvalue weighted by Crippen LogP contribution is -2.11. The van der Waals surface area contributed by atoms with E-state index >= 15 is 0 Å². The van der Waals surface area contributed by atoms with Gasteiger partial charge < -0.3 is 10.5 Å². The molecule has 0 aromatic heterocycles. The number of Topliss-reactive ketones (excluding diaryl/α,β-unsaturated/α-hetero) is 1. The summed E-state index contributed by atoms with van der Waals surface area (Å²) in [7, 11) is 1.62. The Morgan fingerprint density at radius 3 is 2.75 bits per heavy atom. The summed E-state index contributed by atoms with van der Waals surface area (Å²) in [5.41, 5.74) is 7.52. The van der Waals surface area contributed by atoms with Gasteiger partial charge in [0.15, 0.2) is 11.0 Å². The third-order valence-electron chi connectivity index (χ3n) is 3.00. The number of methoxy groups -OCH3 is 1. The Hall–Kier alpha value is -1.49. The van der Waals surface area contributed by atoms with E-state index in [1.165, 1.54) is 11.8 Å². The van der Waals surface area contributed by atoms with Gasteiger partial charge in [0.1, 0.15) is 5.75 Å². The van der Waals surface area contributed by atoms with Gasteiger partial charge in [-0.3, -0.25) is 9.79 Å². The van der Waals surface area contributed by atoms with Crippen molar-refractivity contribution in [3.8, 4) is 5.75 Å². The molecule has 0 saturated carbocycles. The van der Waals surface area contributed by atoms with Gasteiger partial charge in [-0.2, -0.15) is 0 Å². The van der Waals surface area contributed by atoms with Gasteiger partial charge in [0.05, 0.1) is 7.11 Å². The number of carbonyl (C=O) groups is 1. The molecule has 0 aliphatic rings. The van der Waals surface area contributed by atoms with Crippen molar-refractivity contribution in [3.05, 3.63) is 29.3 Å². The number of ketones is 1. The van der Waals surface area contributed by atoms with E-state index in [1.54, 1.807) is 20.1 Å². The molecule has 0 spiro atoms. The first-order valence-corrected chi connectivity index (χ1v) is 7.60. The van der Waals surface area contributed by atoms with Crippen LogP contribution in [0.15, 0.2) is 23.2 Å². The number of amidine groups is 1. The van der Waals surface area contributed by atoms with Crippen LogP contribution in [0, 0.1) is 0 Å². The van der Waals surface area contributed by atoms with Gasteiger partial charge in [0, 0.05) is 22.9 Å². The molecule has 1 rings (SSSR count). The number of hydrogen-bond acceptors (Lipinski definition) is 4. The summed E-state index contributed by atoms with van der Waals surface area (Å²) in [6.07, 6.45) is 0.963. The molecule has 0 amide bonds. The highest BCUT2D eigenvalue weighted by Crippen LogP contribution is 2.25. The minimum atomic E-state index is 0.0418. The monoisotopic (exact) mass is 294 g/mol. The highest BCUT2D eigenvalue weighted by atomic mass is 32.2. The molecule has 4 nitrogen and oxygen atoms in total. The lowest BCUT2D eigenvalue weighted by atomic mass is 10.1. The summed E-state index contributed by atoms with van der Waals surface area (Å²) >= 11 is 1.46. The molecule has 0 heterocycles. The zero-order valence-corrected chi connectivity index (χ0v) is 13.3. The third kappa shape index (κ3) is 4.89. The van der Waals surface area contributed by atoms with E-state index in [-0.39, 0.29) is 11.8 Å². The minimum Gasteiger partial charge on any atom is -0.496 e. The Bertz CT molecular complexity index is 501. The van der Waals surface area contributed by atoms with Gasteiger partial charge in [0.25, 0.3) is 0 Å². The summed E-state index contributed by atoms with van der Waals surface area (Å²) < 4.78 is 5.31. The van der Waals surface area contributed by atoms with E-state index in [1.807, 2.05) is 19.1 Å². The second-order valence-corrected chi connectivity index (χ2v) is 5.59. The number of thioether (sulfide) groups is 1. The smallest absolute Gasteiger partial charge is 0.159 e. The number of rotatable bonds is 6. The standard InChI is InChI=1S/C15H22N2O2S/c1-5-10(2)17-15(16)20-9-13-8-12(11(3)18)6-7-14(13)19-4/h6-8,10H,5,9H2,1-4H3,(H2,16,17)/t10-/m1/s1. The molecule has 5 heteroatoms. The van der Waals surface area contributed by atoms with Crippen molar-refractivity contribution < 1.29 is 9.53 Å². The quantitative estimate of drug-likeness (QED) is 0.497. The van der Waals surface area contributed by atoms with Crippen LogP contribution in [0.2, 0.25) is 0 Å². The summed E-state index contributed by atoms with van der Waals surface area (Å²) in [6.45, 7) is 5.66. The molecule has 1 aromatic carbocycles.